The molecule has 0 unspecified atom stereocenters. The normalized spacial score (nSPS) is 11.4. The van der Waals surface area contributed by atoms with Gasteiger partial charge in [0.15, 0.2) is 0 Å². The van der Waals surface area contributed by atoms with Gasteiger partial charge in [-0.15, -0.1) is 0 Å². The zero-order chi connectivity index (χ0) is 18.5. The lowest BCUT2D eigenvalue weighted by molar-refractivity contribution is -0.118. The summed E-state index contributed by atoms with van der Waals surface area (Å²) in [5, 5.41) is 0. The third kappa shape index (κ3) is 11.1. The van der Waals surface area contributed by atoms with Crippen LogP contribution in [-0.2, 0) is 20.7 Å². The Kier molecular flexibility index (Phi) is 11.4. The molecule has 0 radical (unpaired) electrons. The fraction of sp³-hybridized carbons (Fsp3) is 0.682. The van der Waals surface area contributed by atoms with E-state index in [1.807, 2.05) is 0 Å². The Morgan fingerprint density at radius 1 is 0.880 bits per heavy atom. The van der Waals surface area contributed by atoms with Crippen LogP contribution in [0.15, 0.2) is 24.3 Å². The van der Waals surface area contributed by atoms with Crippen molar-refractivity contribution < 1.29 is 14.3 Å². The summed E-state index contributed by atoms with van der Waals surface area (Å²) in [6, 6.07) is 8.42. The molecule has 1 rings (SSSR count). The van der Waals surface area contributed by atoms with Crippen molar-refractivity contribution in [2.45, 2.75) is 65.7 Å². The molecule has 0 aliphatic heterocycles. The molecule has 0 aliphatic rings. The van der Waals surface area contributed by atoms with Gasteiger partial charge in [-0.3, -0.25) is 4.79 Å². The average Bonchev–Trinajstić information content (AvgIpc) is 2.56. The molecule has 0 amide bonds. The molecular weight excluding hydrogens is 312 g/mol. The summed E-state index contributed by atoms with van der Waals surface area (Å²) in [6.07, 6.45) is 4.12. The number of ether oxygens (including phenoxy) is 2. The predicted octanol–water partition coefficient (Wildman–Crippen LogP) is 5.17. The van der Waals surface area contributed by atoms with Crippen LogP contribution >= 0.6 is 0 Å². The molecule has 1 aromatic rings. The highest BCUT2D eigenvalue weighted by Gasteiger charge is 2.05. The molecule has 0 saturated heterocycles. The third-order valence-electron chi connectivity index (χ3n) is 4.25. The van der Waals surface area contributed by atoms with Crippen LogP contribution in [-0.4, -0.2) is 32.2 Å². The summed E-state index contributed by atoms with van der Waals surface area (Å²) in [7, 11) is 0. The molecule has 0 aromatic heterocycles. The smallest absolute Gasteiger partial charge is 0.137 e. The molecule has 25 heavy (non-hydrogen) atoms. The van der Waals surface area contributed by atoms with E-state index in [4.69, 9.17) is 9.47 Å². The quantitative estimate of drug-likeness (QED) is 0.435. The number of hydrogen-bond donors (Lipinski definition) is 0. The van der Waals surface area contributed by atoms with Gasteiger partial charge < -0.3 is 9.47 Å². The molecule has 0 spiro atoms. The number of benzene rings is 1. The van der Waals surface area contributed by atoms with Crippen molar-refractivity contribution in [1.29, 1.82) is 0 Å². The molecular formula is C22H36O3. The highest BCUT2D eigenvalue weighted by molar-refractivity contribution is 5.80. The molecule has 142 valence electrons. The number of carbonyl (C=O) groups is 1. The van der Waals surface area contributed by atoms with Crippen LogP contribution in [0.3, 0.4) is 0 Å². The van der Waals surface area contributed by atoms with E-state index in [0.717, 1.165) is 31.4 Å². The minimum atomic E-state index is 0.314. The Bertz CT molecular complexity index is 463. The monoisotopic (exact) mass is 348 g/mol. The highest BCUT2D eigenvalue weighted by Crippen LogP contribution is 2.15. The Morgan fingerprint density at radius 2 is 1.52 bits per heavy atom. The maximum atomic E-state index is 12.0. The first-order valence-electron chi connectivity index (χ1n) is 9.75. The summed E-state index contributed by atoms with van der Waals surface area (Å²) >= 11 is 0. The van der Waals surface area contributed by atoms with Gasteiger partial charge in [0, 0.05) is 26.1 Å². The summed E-state index contributed by atoms with van der Waals surface area (Å²) in [5.41, 5.74) is 2.44. The molecule has 0 bridgehead atoms. The second kappa shape index (κ2) is 13.1. The average molecular weight is 349 g/mol. The largest absolute Gasteiger partial charge is 0.379 e. The zero-order valence-electron chi connectivity index (χ0n) is 16.6. The van der Waals surface area contributed by atoms with Gasteiger partial charge in [0.2, 0.25) is 0 Å². The molecule has 0 N–H and O–H groups in total. The van der Waals surface area contributed by atoms with Gasteiger partial charge in [0.1, 0.15) is 5.78 Å². The minimum absolute atomic E-state index is 0.314. The maximum Gasteiger partial charge on any atom is 0.137 e. The van der Waals surface area contributed by atoms with E-state index >= 15 is 0 Å². The van der Waals surface area contributed by atoms with Crippen LogP contribution in [0.2, 0.25) is 0 Å². The van der Waals surface area contributed by atoms with E-state index in [1.54, 1.807) is 0 Å². The molecule has 0 aliphatic carbocycles. The van der Waals surface area contributed by atoms with Crippen molar-refractivity contribution in [1.82, 2.24) is 0 Å². The number of rotatable bonds is 14. The Hall–Kier alpha value is -1.19. The first kappa shape index (κ1) is 21.9. The van der Waals surface area contributed by atoms with Gasteiger partial charge in [-0.25, -0.2) is 0 Å². The lowest BCUT2D eigenvalue weighted by Gasteiger charge is -2.08. The summed E-state index contributed by atoms with van der Waals surface area (Å²) in [4.78, 5) is 12.0. The van der Waals surface area contributed by atoms with E-state index in [-0.39, 0.29) is 0 Å². The van der Waals surface area contributed by atoms with Gasteiger partial charge in [-0.05, 0) is 42.2 Å². The molecule has 3 nitrogen and oxygen atoms in total. The van der Waals surface area contributed by atoms with Crippen molar-refractivity contribution >= 4 is 5.78 Å². The third-order valence-corrected chi connectivity index (χ3v) is 4.25. The van der Waals surface area contributed by atoms with E-state index in [9.17, 15) is 4.79 Å². The maximum absolute atomic E-state index is 12.0. The number of ketones is 1. The zero-order valence-corrected chi connectivity index (χ0v) is 16.6. The van der Waals surface area contributed by atoms with Crippen LogP contribution in [0.25, 0.3) is 0 Å². The first-order chi connectivity index (χ1) is 12.0. The Balaban J connectivity index is 2.00. The standard InChI is InChI=1S/C22H36O3/c1-18(2)12-14-25-16-15-24-13-6-5-7-22(23)17-20-8-10-21(11-9-20)19(3)4/h8-11,18-19H,5-7,12-17H2,1-4H3. The van der Waals surface area contributed by atoms with E-state index in [1.165, 1.54) is 5.56 Å². The van der Waals surface area contributed by atoms with Crippen LogP contribution in [0.5, 0.6) is 0 Å². The number of unbranched alkanes of at least 4 members (excludes halogenated alkanes) is 1. The molecule has 0 saturated carbocycles. The lowest BCUT2D eigenvalue weighted by Crippen LogP contribution is -2.08. The minimum Gasteiger partial charge on any atom is -0.379 e. The second-order valence-corrected chi connectivity index (χ2v) is 7.48. The van der Waals surface area contributed by atoms with Crippen LogP contribution in [0, 0.1) is 5.92 Å². The molecule has 0 heterocycles. The Morgan fingerprint density at radius 3 is 2.12 bits per heavy atom. The van der Waals surface area contributed by atoms with Crippen LogP contribution in [0.1, 0.15) is 70.4 Å². The predicted molar refractivity (Wildman–Crippen MR) is 104 cm³/mol. The molecule has 0 atom stereocenters. The summed E-state index contributed by atoms with van der Waals surface area (Å²) in [5.74, 6) is 1.53. The van der Waals surface area contributed by atoms with Crippen LogP contribution in [0.4, 0.5) is 0 Å². The number of Topliss-reactive ketones (excluding diaryl/α,β-unsaturated/α-hetero) is 1. The molecule has 3 heteroatoms. The van der Waals surface area contributed by atoms with Gasteiger partial charge >= 0.3 is 0 Å². The van der Waals surface area contributed by atoms with E-state index in [0.29, 0.717) is 50.3 Å². The number of hydrogen-bond acceptors (Lipinski definition) is 3. The van der Waals surface area contributed by atoms with Gasteiger partial charge in [-0.2, -0.15) is 0 Å². The van der Waals surface area contributed by atoms with Crippen molar-refractivity contribution in [3.05, 3.63) is 35.4 Å². The van der Waals surface area contributed by atoms with Crippen molar-refractivity contribution in [3.63, 3.8) is 0 Å². The van der Waals surface area contributed by atoms with Gasteiger partial charge in [0.25, 0.3) is 0 Å². The summed E-state index contributed by atoms with van der Waals surface area (Å²) in [6.45, 7) is 11.6. The number of carbonyl (C=O) groups excluding carboxylic acids is 1. The Labute approximate surface area is 154 Å². The van der Waals surface area contributed by atoms with Crippen LogP contribution < -0.4 is 0 Å². The fourth-order valence-electron chi connectivity index (χ4n) is 2.50. The van der Waals surface area contributed by atoms with Crippen molar-refractivity contribution in [2.24, 2.45) is 5.92 Å². The topological polar surface area (TPSA) is 35.5 Å². The van der Waals surface area contributed by atoms with Crippen molar-refractivity contribution in [3.8, 4) is 0 Å². The van der Waals surface area contributed by atoms with E-state index < -0.39 is 0 Å². The lowest BCUT2D eigenvalue weighted by atomic mass is 9.99. The highest BCUT2D eigenvalue weighted by atomic mass is 16.5. The van der Waals surface area contributed by atoms with Gasteiger partial charge in [0.05, 0.1) is 13.2 Å². The second-order valence-electron chi connectivity index (χ2n) is 7.48. The first-order valence-corrected chi connectivity index (χ1v) is 9.75. The SMILES string of the molecule is CC(C)CCOCCOCCCCC(=O)Cc1ccc(C(C)C)cc1. The fourth-order valence-corrected chi connectivity index (χ4v) is 2.50. The summed E-state index contributed by atoms with van der Waals surface area (Å²) < 4.78 is 11.0. The molecule has 0 fully saturated rings. The molecule has 1 aromatic carbocycles. The van der Waals surface area contributed by atoms with Gasteiger partial charge in [-0.1, -0.05) is 52.0 Å². The van der Waals surface area contributed by atoms with Crippen molar-refractivity contribution in [2.75, 3.05) is 26.4 Å². The van der Waals surface area contributed by atoms with E-state index in [2.05, 4.69) is 52.0 Å².